The van der Waals surface area contributed by atoms with Crippen LogP contribution in [-0.4, -0.2) is 13.2 Å². The van der Waals surface area contributed by atoms with Gasteiger partial charge in [-0.15, -0.1) is 0 Å². The first kappa shape index (κ1) is 18.0. The molecule has 0 aliphatic heterocycles. The number of ether oxygens (including phenoxy) is 1. The van der Waals surface area contributed by atoms with E-state index in [-0.39, 0.29) is 0 Å². The van der Waals surface area contributed by atoms with E-state index in [4.69, 9.17) is 4.74 Å². The maximum Gasteiger partial charge on any atom is 0.123 e. The Morgan fingerprint density at radius 1 is 1.00 bits per heavy atom. The SMILES string of the molecule is COc1ccc(C)cc1C(C)NC(CC(C)C)CC(C)C. The predicted octanol–water partition coefficient (Wildman–Crippen LogP) is 5.12. The van der Waals surface area contributed by atoms with Crippen LogP contribution in [0.1, 0.15) is 64.6 Å². The van der Waals surface area contributed by atoms with Gasteiger partial charge in [-0.1, -0.05) is 45.4 Å². The van der Waals surface area contributed by atoms with Gasteiger partial charge in [0, 0.05) is 17.6 Å². The third-order valence-electron chi connectivity index (χ3n) is 3.85. The van der Waals surface area contributed by atoms with Crippen LogP contribution in [0.15, 0.2) is 18.2 Å². The number of benzene rings is 1. The highest BCUT2D eigenvalue weighted by Crippen LogP contribution is 2.27. The second kappa shape index (κ2) is 8.43. The molecule has 1 N–H and O–H groups in total. The van der Waals surface area contributed by atoms with E-state index in [2.05, 4.69) is 65.1 Å². The maximum atomic E-state index is 5.53. The highest BCUT2D eigenvalue weighted by molar-refractivity contribution is 5.38. The zero-order valence-electron chi connectivity index (χ0n) is 14.9. The fourth-order valence-electron chi connectivity index (χ4n) is 3.01. The quantitative estimate of drug-likeness (QED) is 0.718. The van der Waals surface area contributed by atoms with Crippen LogP contribution in [0.2, 0.25) is 0 Å². The zero-order chi connectivity index (χ0) is 16.0. The minimum absolute atomic E-state index is 0.308. The average molecular weight is 291 g/mol. The summed E-state index contributed by atoms with van der Waals surface area (Å²) in [6.07, 6.45) is 2.44. The Labute approximate surface area is 131 Å². The standard InChI is InChI=1S/C19H33NO/c1-13(2)10-17(11-14(3)4)20-16(6)18-12-15(5)8-9-19(18)21-7/h8-9,12-14,16-17,20H,10-11H2,1-7H3. The molecule has 1 aromatic rings. The molecule has 21 heavy (non-hydrogen) atoms. The van der Waals surface area contributed by atoms with Crippen molar-refractivity contribution in [2.45, 2.75) is 66.5 Å². The monoisotopic (exact) mass is 291 g/mol. The highest BCUT2D eigenvalue weighted by atomic mass is 16.5. The summed E-state index contributed by atoms with van der Waals surface area (Å²) in [5.74, 6) is 2.41. The van der Waals surface area contributed by atoms with E-state index in [0.717, 1.165) is 5.75 Å². The molecule has 0 aromatic heterocycles. The van der Waals surface area contributed by atoms with E-state index in [0.29, 0.717) is 23.9 Å². The first-order valence-corrected chi connectivity index (χ1v) is 8.24. The summed E-state index contributed by atoms with van der Waals surface area (Å²) in [4.78, 5) is 0. The predicted molar refractivity (Wildman–Crippen MR) is 92.0 cm³/mol. The van der Waals surface area contributed by atoms with Crippen molar-refractivity contribution in [3.8, 4) is 5.75 Å². The Hall–Kier alpha value is -1.02. The van der Waals surface area contributed by atoms with Crippen molar-refractivity contribution in [1.82, 2.24) is 5.32 Å². The van der Waals surface area contributed by atoms with Crippen molar-refractivity contribution >= 4 is 0 Å². The lowest BCUT2D eigenvalue weighted by molar-refractivity contribution is 0.329. The highest BCUT2D eigenvalue weighted by Gasteiger charge is 2.18. The smallest absolute Gasteiger partial charge is 0.123 e. The molecule has 1 aromatic carbocycles. The Balaban J connectivity index is 2.85. The minimum atomic E-state index is 0.308. The molecule has 0 aliphatic rings. The molecule has 2 nitrogen and oxygen atoms in total. The first-order valence-electron chi connectivity index (χ1n) is 8.24. The summed E-state index contributed by atoms with van der Waals surface area (Å²) < 4.78 is 5.53. The van der Waals surface area contributed by atoms with Crippen LogP contribution in [0.4, 0.5) is 0 Å². The Morgan fingerprint density at radius 2 is 1.57 bits per heavy atom. The van der Waals surface area contributed by atoms with Crippen LogP contribution in [0.3, 0.4) is 0 Å². The number of aryl methyl sites for hydroxylation is 1. The lowest BCUT2D eigenvalue weighted by Crippen LogP contribution is -2.34. The van der Waals surface area contributed by atoms with E-state index in [1.54, 1.807) is 7.11 Å². The molecule has 0 spiro atoms. The largest absolute Gasteiger partial charge is 0.496 e. The van der Waals surface area contributed by atoms with E-state index in [1.807, 2.05) is 0 Å². The van der Waals surface area contributed by atoms with Crippen LogP contribution in [-0.2, 0) is 0 Å². The van der Waals surface area contributed by atoms with Crippen molar-refractivity contribution in [3.05, 3.63) is 29.3 Å². The summed E-state index contributed by atoms with van der Waals surface area (Å²) >= 11 is 0. The zero-order valence-corrected chi connectivity index (χ0v) is 14.9. The van der Waals surface area contributed by atoms with Crippen molar-refractivity contribution < 1.29 is 4.74 Å². The number of hydrogen-bond donors (Lipinski definition) is 1. The molecular formula is C19H33NO. The summed E-state index contributed by atoms with van der Waals surface area (Å²) in [6.45, 7) is 13.6. The number of nitrogens with one attached hydrogen (secondary N) is 1. The minimum Gasteiger partial charge on any atom is -0.496 e. The lowest BCUT2D eigenvalue weighted by Gasteiger charge is -2.27. The molecule has 120 valence electrons. The summed E-state index contributed by atoms with van der Waals surface area (Å²) in [7, 11) is 1.75. The van der Waals surface area contributed by atoms with E-state index in [1.165, 1.54) is 24.0 Å². The van der Waals surface area contributed by atoms with Gasteiger partial charge in [-0.3, -0.25) is 0 Å². The molecular weight excluding hydrogens is 258 g/mol. The molecule has 2 heteroatoms. The van der Waals surface area contributed by atoms with Crippen LogP contribution >= 0.6 is 0 Å². The van der Waals surface area contributed by atoms with Crippen molar-refractivity contribution in [2.24, 2.45) is 11.8 Å². The molecule has 0 fully saturated rings. The molecule has 0 amide bonds. The Morgan fingerprint density at radius 3 is 2.05 bits per heavy atom. The van der Waals surface area contributed by atoms with Crippen molar-refractivity contribution in [1.29, 1.82) is 0 Å². The fraction of sp³-hybridized carbons (Fsp3) is 0.684. The molecule has 0 saturated carbocycles. The lowest BCUT2D eigenvalue weighted by atomic mass is 9.94. The van der Waals surface area contributed by atoms with Crippen LogP contribution in [0, 0.1) is 18.8 Å². The Kier molecular flexibility index (Phi) is 7.24. The van der Waals surface area contributed by atoms with Gasteiger partial charge in [0.25, 0.3) is 0 Å². The van der Waals surface area contributed by atoms with E-state index in [9.17, 15) is 0 Å². The molecule has 1 rings (SSSR count). The fourth-order valence-corrected chi connectivity index (χ4v) is 3.01. The van der Waals surface area contributed by atoms with Gasteiger partial charge in [0.15, 0.2) is 0 Å². The molecule has 1 atom stereocenters. The number of hydrogen-bond acceptors (Lipinski definition) is 2. The molecule has 0 heterocycles. The van der Waals surface area contributed by atoms with Gasteiger partial charge >= 0.3 is 0 Å². The molecule has 0 bridgehead atoms. The topological polar surface area (TPSA) is 21.3 Å². The second-order valence-electron chi connectivity index (χ2n) is 7.09. The van der Waals surface area contributed by atoms with E-state index >= 15 is 0 Å². The van der Waals surface area contributed by atoms with Gasteiger partial charge in [-0.2, -0.15) is 0 Å². The molecule has 0 saturated heterocycles. The van der Waals surface area contributed by atoms with Gasteiger partial charge < -0.3 is 10.1 Å². The van der Waals surface area contributed by atoms with Gasteiger partial charge in [-0.25, -0.2) is 0 Å². The summed E-state index contributed by atoms with van der Waals surface area (Å²) in [5.41, 5.74) is 2.54. The third-order valence-corrected chi connectivity index (χ3v) is 3.85. The maximum absolute atomic E-state index is 5.53. The number of methoxy groups -OCH3 is 1. The van der Waals surface area contributed by atoms with Crippen LogP contribution < -0.4 is 10.1 Å². The number of rotatable bonds is 8. The summed E-state index contributed by atoms with van der Waals surface area (Å²) in [5, 5.41) is 3.82. The first-order chi connectivity index (χ1) is 9.83. The van der Waals surface area contributed by atoms with Crippen LogP contribution in [0.25, 0.3) is 0 Å². The Bertz CT molecular complexity index is 416. The van der Waals surface area contributed by atoms with Gasteiger partial charge in [0.05, 0.1) is 7.11 Å². The second-order valence-corrected chi connectivity index (χ2v) is 7.09. The van der Waals surface area contributed by atoms with Crippen molar-refractivity contribution in [3.63, 3.8) is 0 Å². The molecule has 1 unspecified atom stereocenters. The van der Waals surface area contributed by atoms with Gasteiger partial charge in [-0.05, 0) is 44.6 Å². The van der Waals surface area contributed by atoms with Crippen molar-refractivity contribution in [2.75, 3.05) is 7.11 Å². The average Bonchev–Trinajstić information content (AvgIpc) is 2.36. The van der Waals surface area contributed by atoms with Gasteiger partial charge in [0.2, 0.25) is 0 Å². The van der Waals surface area contributed by atoms with Crippen LogP contribution in [0.5, 0.6) is 5.75 Å². The molecule has 0 aliphatic carbocycles. The van der Waals surface area contributed by atoms with Gasteiger partial charge in [0.1, 0.15) is 5.75 Å². The third kappa shape index (κ3) is 6.09. The normalized spacial score (nSPS) is 13.2. The van der Waals surface area contributed by atoms with E-state index < -0.39 is 0 Å². The molecule has 0 radical (unpaired) electrons. The summed E-state index contributed by atoms with van der Waals surface area (Å²) in [6, 6.07) is 7.28.